The van der Waals surface area contributed by atoms with E-state index in [1.165, 1.54) is 10.7 Å². The quantitative estimate of drug-likeness (QED) is 0.735. The second-order valence-electron chi connectivity index (χ2n) is 4.83. The van der Waals surface area contributed by atoms with E-state index in [1.54, 1.807) is 12.3 Å². The lowest BCUT2D eigenvalue weighted by molar-refractivity contribution is 0.302. The van der Waals surface area contributed by atoms with Gasteiger partial charge in [0.15, 0.2) is 0 Å². The monoisotopic (exact) mass is 306 g/mol. The van der Waals surface area contributed by atoms with Crippen LogP contribution in [0, 0.1) is 0 Å². The Hall–Kier alpha value is -1.81. The highest BCUT2D eigenvalue weighted by atomic mass is 35.5. The summed E-state index contributed by atoms with van der Waals surface area (Å²) in [6.07, 6.45) is 4.82. The molecule has 112 valence electrons. The van der Waals surface area contributed by atoms with Crippen LogP contribution in [-0.4, -0.2) is 16.4 Å². The van der Waals surface area contributed by atoms with Crippen molar-refractivity contribution in [3.05, 3.63) is 57.5 Å². The van der Waals surface area contributed by atoms with Crippen molar-refractivity contribution in [2.24, 2.45) is 0 Å². The molecule has 0 aliphatic rings. The lowest BCUT2D eigenvalue weighted by Gasteiger charge is -2.08. The zero-order valence-electron chi connectivity index (χ0n) is 12.1. The zero-order chi connectivity index (χ0) is 15.1. The number of unbranched alkanes of at least 4 members (excludes halogenated alkanes) is 2. The number of nitrogens with zero attached hydrogens (tertiary/aromatic N) is 2. The summed E-state index contributed by atoms with van der Waals surface area (Å²) in [5.74, 6) is 0.520. The minimum absolute atomic E-state index is 0.192. The van der Waals surface area contributed by atoms with Gasteiger partial charge in [0.05, 0.1) is 19.3 Å². The normalized spacial score (nSPS) is 10.6. The lowest BCUT2D eigenvalue weighted by Crippen LogP contribution is -2.22. The van der Waals surface area contributed by atoms with Gasteiger partial charge in [0, 0.05) is 11.1 Å². The standard InChI is InChI=1S/C16H19ClN2O2/c1-2-3-6-9-21-14-10-16(20)19(18-11-14)12-13-7-4-5-8-15(13)17/h4-5,7-8,10-11H,2-3,6,9,12H2,1H3. The van der Waals surface area contributed by atoms with Crippen LogP contribution in [0.5, 0.6) is 5.75 Å². The molecule has 5 heteroatoms. The number of rotatable bonds is 7. The molecule has 0 saturated carbocycles. The van der Waals surface area contributed by atoms with Crippen LogP contribution in [-0.2, 0) is 6.54 Å². The van der Waals surface area contributed by atoms with Crippen molar-refractivity contribution >= 4 is 11.6 Å². The average Bonchev–Trinajstić information content (AvgIpc) is 2.48. The van der Waals surface area contributed by atoms with Crippen LogP contribution in [0.1, 0.15) is 31.7 Å². The molecular weight excluding hydrogens is 288 g/mol. The molecule has 1 aromatic carbocycles. The molecule has 1 aromatic heterocycles. The topological polar surface area (TPSA) is 44.1 Å². The molecular formula is C16H19ClN2O2. The predicted molar refractivity (Wildman–Crippen MR) is 84.1 cm³/mol. The first-order valence-electron chi connectivity index (χ1n) is 7.14. The summed E-state index contributed by atoms with van der Waals surface area (Å²) < 4.78 is 6.89. The van der Waals surface area contributed by atoms with E-state index < -0.39 is 0 Å². The Morgan fingerprint density at radius 3 is 2.81 bits per heavy atom. The fourth-order valence-corrected chi connectivity index (χ4v) is 2.14. The second-order valence-corrected chi connectivity index (χ2v) is 5.24. The maximum absolute atomic E-state index is 12.0. The molecule has 0 N–H and O–H groups in total. The molecule has 0 radical (unpaired) electrons. The second kappa shape index (κ2) is 7.84. The van der Waals surface area contributed by atoms with Crippen LogP contribution in [0.4, 0.5) is 0 Å². The molecule has 0 fully saturated rings. The van der Waals surface area contributed by atoms with Crippen molar-refractivity contribution < 1.29 is 4.74 Å². The number of hydrogen-bond donors (Lipinski definition) is 0. The molecule has 4 nitrogen and oxygen atoms in total. The van der Waals surface area contributed by atoms with Crippen molar-refractivity contribution in [2.75, 3.05) is 6.61 Å². The third-order valence-corrected chi connectivity index (χ3v) is 3.51. The van der Waals surface area contributed by atoms with Gasteiger partial charge in [-0.15, -0.1) is 0 Å². The molecule has 0 unspecified atom stereocenters. The maximum Gasteiger partial charge on any atom is 0.270 e. The molecule has 0 aliphatic heterocycles. The van der Waals surface area contributed by atoms with Crippen LogP contribution in [0.3, 0.4) is 0 Å². The van der Waals surface area contributed by atoms with E-state index in [9.17, 15) is 4.79 Å². The van der Waals surface area contributed by atoms with Crippen LogP contribution < -0.4 is 10.3 Å². The summed E-state index contributed by atoms with van der Waals surface area (Å²) >= 11 is 6.09. The molecule has 0 saturated heterocycles. The fourth-order valence-electron chi connectivity index (χ4n) is 1.94. The zero-order valence-corrected chi connectivity index (χ0v) is 12.8. The first kappa shape index (κ1) is 15.6. The summed E-state index contributed by atoms with van der Waals surface area (Å²) in [6.45, 7) is 3.11. The SMILES string of the molecule is CCCCCOc1cnn(Cc2ccccc2Cl)c(=O)c1. The Morgan fingerprint density at radius 2 is 2.10 bits per heavy atom. The molecule has 2 aromatic rings. The number of ether oxygens (including phenoxy) is 1. The van der Waals surface area contributed by atoms with Gasteiger partial charge in [-0.2, -0.15) is 5.10 Å². The van der Waals surface area contributed by atoms with Gasteiger partial charge in [-0.3, -0.25) is 4.79 Å². The molecule has 21 heavy (non-hydrogen) atoms. The van der Waals surface area contributed by atoms with Gasteiger partial charge in [0.2, 0.25) is 0 Å². The summed E-state index contributed by atoms with van der Waals surface area (Å²) in [5.41, 5.74) is 0.674. The third kappa shape index (κ3) is 4.60. The Kier molecular flexibility index (Phi) is 5.81. The minimum Gasteiger partial charge on any atom is -0.492 e. The molecule has 2 rings (SSSR count). The molecule has 0 amide bonds. The fraction of sp³-hybridized carbons (Fsp3) is 0.375. The summed E-state index contributed by atoms with van der Waals surface area (Å²) in [4.78, 5) is 12.0. The Labute approximate surface area is 129 Å². The molecule has 0 aliphatic carbocycles. The van der Waals surface area contributed by atoms with E-state index in [1.807, 2.05) is 18.2 Å². The van der Waals surface area contributed by atoms with Crippen LogP contribution in [0.2, 0.25) is 5.02 Å². The highest BCUT2D eigenvalue weighted by molar-refractivity contribution is 6.31. The van der Waals surface area contributed by atoms with Crippen LogP contribution >= 0.6 is 11.6 Å². The molecule has 0 atom stereocenters. The van der Waals surface area contributed by atoms with Gasteiger partial charge >= 0.3 is 0 Å². The van der Waals surface area contributed by atoms with Gasteiger partial charge in [0.1, 0.15) is 5.75 Å². The number of benzene rings is 1. The molecule has 1 heterocycles. The van der Waals surface area contributed by atoms with Crippen molar-refractivity contribution in [1.82, 2.24) is 9.78 Å². The lowest BCUT2D eigenvalue weighted by atomic mass is 10.2. The summed E-state index contributed by atoms with van der Waals surface area (Å²) in [6, 6.07) is 8.89. The first-order chi connectivity index (χ1) is 10.2. The van der Waals surface area contributed by atoms with Crippen molar-refractivity contribution in [3.8, 4) is 5.75 Å². The van der Waals surface area contributed by atoms with E-state index in [-0.39, 0.29) is 5.56 Å². The Morgan fingerprint density at radius 1 is 1.29 bits per heavy atom. The smallest absolute Gasteiger partial charge is 0.270 e. The van der Waals surface area contributed by atoms with Gasteiger partial charge < -0.3 is 4.74 Å². The summed E-state index contributed by atoms with van der Waals surface area (Å²) in [5, 5.41) is 4.76. The number of halogens is 1. The molecule has 0 bridgehead atoms. The third-order valence-electron chi connectivity index (χ3n) is 3.14. The van der Waals surface area contributed by atoms with Gasteiger partial charge in [-0.1, -0.05) is 49.6 Å². The van der Waals surface area contributed by atoms with E-state index in [0.29, 0.717) is 23.9 Å². The van der Waals surface area contributed by atoms with Crippen molar-refractivity contribution in [2.45, 2.75) is 32.7 Å². The Balaban J connectivity index is 2.02. The summed E-state index contributed by atoms with van der Waals surface area (Å²) in [7, 11) is 0. The van der Waals surface area contributed by atoms with Crippen molar-refractivity contribution in [3.63, 3.8) is 0 Å². The number of aromatic nitrogens is 2. The molecule has 0 spiro atoms. The van der Waals surface area contributed by atoms with E-state index in [2.05, 4.69) is 12.0 Å². The highest BCUT2D eigenvalue weighted by Gasteiger charge is 2.05. The van der Waals surface area contributed by atoms with Gasteiger partial charge in [-0.05, 0) is 18.1 Å². The van der Waals surface area contributed by atoms with Crippen molar-refractivity contribution in [1.29, 1.82) is 0 Å². The number of hydrogen-bond acceptors (Lipinski definition) is 3. The highest BCUT2D eigenvalue weighted by Crippen LogP contribution is 2.15. The maximum atomic E-state index is 12.0. The van der Waals surface area contributed by atoms with E-state index in [4.69, 9.17) is 16.3 Å². The average molecular weight is 307 g/mol. The largest absolute Gasteiger partial charge is 0.492 e. The van der Waals surface area contributed by atoms with Crippen LogP contribution in [0.15, 0.2) is 41.3 Å². The van der Waals surface area contributed by atoms with E-state index in [0.717, 1.165) is 24.8 Å². The van der Waals surface area contributed by atoms with E-state index >= 15 is 0 Å². The van der Waals surface area contributed by atoms with Crippen LogP contribution in [0.25, 0.3) is 0 Å². The minimum atomic E-state index is -0.192. The van der Waals surface area contributed by atoms with Gasteiger partial charge in [0.25, 0.3) is 5.56 Å². The Bertz CT molecular complexity index is 640. The predicted octanol–water partition coefficient (Wildman–Crippen LogP) is 3.51. The van der Waals surface area contributed by atoms with Gasteiger partial charge in [-0.25, -0.2) is 4.68 Å². The first-order valence-corrected chi connectivity index (χ1v) is 7.52.